The molecule has 1 aromatic carbocycles. The van der Waals surface area contributed by atoms with Crippen molar-refractivity contribution in [1.29, 1.82) is 0 Å². The molecule has 2 unspecified atom stereocenters. The van der Waals surface area contributed by atoms with Crippen molar-refractivity contribution in [1.82, 2.24) is 14.8 Å². The van der Waals surface area contributed by atoms with Crippen molar-refractivity contribution in [2.45, 2.75) is 37.8 Å². The van der Waals surface area contributed by atoms with Crippen LogP contribution in [0, 0.1) is 11.8 Å². The van der Waals surface area contributed by atoms with Crippen LogP contribution in [0.2, 0.25) is 0 Å². The second kappa shape index (κ2) is 8.60. The predicted molar refractivity (Wildman–Crippen MR) is 121 cm³/mol. The lowest BCUT2D eigenvalue weighted by Crippen LogP contribution is -2.38. The molecule has 31 heavy (non-hydrogen) atoms. The van der Waals surface area contributed by atoms with Crippen LogP contribution in [-0.4, -0.2) is 65.1 Å². The highest BCUT2D eigenvalue weighted by Crippen LogP contribution is 2.50. The highest BCUT2D eigenvalue weighted by Gasteiger charge is 2.58. The fourth-order valence-corrected chi connectivity index (χ4v) is 5.72. The topological polar surface area (TPSA) is 68.7 Å². The number of anilines is 1. The molecule has 1 aromatic heterocycles. The molecule has 1 saturated carbocycles. The number of carboxylic acid groups (broad SMARTS) is 1. The number of carbonyl (C=O) groups is 1. The molecule has 1 aliphatic carbocycles. The zero-order valence-corrected chi connectivity index (χ0v) is 18.2. The maximum Gasteiger partial charge on any atom is 0.325 e. The van der Waals surface area contributed by atoms with Gasteiger partial charge in [0.2, 0.25) is 0 Å². The molecule has 1 saturated heterocycles. The van der Waals surface area contributed by atoms with Gasteiger partial charge in [-0.25, -0.2) is 4.98 Å². The predicted octanol–water partition coefficient (Wildman–Crippen LogP) is 3.06. The van der Waals surface area contributed by atoms with Gasteiger partial charge in [0, 0.05) is 31.4 Å². The third kappa shape index (κ3) is 4.19. The van der Waals surface area contributed by atoms with Crippen LogP contribution >= 0.6 is 0 Å². The minimum Gasteiger partial charge on any atom is -0.480 e. The summed E-state index contributed by atoms with van der Waals surface area (Å²) in [7, 11) is 1.98. The van der Waals surface area contributed by atoms with E-state index in [2.05, 4.69) is 27.2 Å². The van der Waals surface area contributed by atoms with Gasteiger partial charge in [0.25, 0.3) is 0 Å². The Morgan fingerprint density at radius 3 is 2.74 bits per heavy atom. The lowest BCUT2D eigenvalue weighted by molar-refractivity contribution is -0.143. The normalized spacial score (nSPS) is 25.5. The molecule has 6 nitrogen and oxygen atoms in total. The number of likely N-dealkylation sites (tertiary alicyclic amines) is 1. The van der Waals surface area contributed by atoms with E-state index in [1.807, 2.05) is 37.4 Å². The van der Waals surface area contributed by atoms with Crippen LogP contribution in [0.5, 0.6) is 0 Å². The quantitative estimate of drug-likeness (QED) is 0.684. The van der Waals surface area contributed by atoms with E-state index in [0.717, 1.165) is 56.8 Å². The smallest absolute Gasteiger partial charge is 0.325 e. The van der Waals surface area contributed by atoms with E-state index in [0.29, 0.717) is 17.9 Å². The Morgan fingerprint density at radius 2 is 2.00 bits per heavy atom. The summed E-state index contributed by atoms with van der Waals surface area (Å²) >= 11 is 0. The van der Waals surface area contributed by atoms with Crippen molar-refractivity contribution < 1.29 is 9.90 Å². The van der Waals surface area contributed by atoms with E-state index >= 15 is 0 Å². The van der Waals surface area contributed by atoms with Crippen molar-refractivity contribution in [2.24, 2.45) is 11.8 Å². The molecule has 2 fully saturated rings. The molecule has 164 valence electrons. The molecule has 0 amide bonds. The number of aliphatic carboxylic acids is 1. The minimum atomic E-state index is -0.762. The van der Waals surface area contributed by atoms with Gasteiger partial charge >= 0.3 is 5.97 Å². The number of hydrogen-bond acceptors (Lipinski definition) is 5. The molecule has 2 aromatic rings. The number of carboxylic acids is 1. The van der Waals surface area contributed by atoms with Gasteiger partial charge in [-0.05, 0) is 68.3 Å². The number of aromatic nitrogens is 1. The van der Waals surface area contributed by atoms with Gasteiger partial charge in [0.1, 0.15) is 11.9 Å². The van der Waals surface area contributed by atoms with E-state index < -0.39 is 12.0 Å². The summed E-state index contributed by atoms with van der Waals surface area (Å²) in [6.45, 7) is 4.29. The summed E-state index contributed by atoms with van der Waals surface area (Å²) < 4.78 is 0. The van der Waals surface area contributed by atoms with E-state index in [1.165, 1.54) is 17.7 Å². The van der Waals surface area contributed by atoms with Crippen LogP contribution in [0.3, 0.4) is 0 Å². The van der Waals surface area contributed by atoms with E-state index in [9.17, 15) is 9.90 Å². The highest BCUT2D eigenvalue weighted by molar-refractivity contribution is 5.75. The van der Waals surface area contributed by atoms with Gasteiger partial charge in [-0.15, -0.1) is 0 Å². The average Bonchev–Trinajstić information content (AvgIpc) is 3.29. The second-order valence-corrected chi connectivity index (χ2v) is 9.34. The fraction of sp³-hybridized carbons (Fsp3) is 0.520. The number of pyridine rings is 1. The Hall–Kier alpha value is -2.44. The van der Waals surface area contributed by atoms with Crippen LogP contribution in [0.4, 0.5) is 5.82 Å². The lowest BCUT2D eigenvalue weighted by Gasteiger charge is -2.29. The van der Waals surface area contributed by atoms with Gasteiger partial charge in [-0.2, -0.15) is 0 Å². The van der Waals surface area contributed by atoms with Gasteiger partial charge < -0.3 is 15.3 Å². The Labute approximate surface area is 184 Å². The standard InChI is InChI=1S/C25H32N4O2/c1-28(22(25(30)31)17-7-3-2-4-8-17)23-20-15-29(16-21(20)23)14-6-10-19-12-11-18-9-5-13-26-24(18)27-19/h2-4,7-8,11-12,20-23H,5-6,9-10,13-16H2,1H3,(H,26,27)(H,30,31)/t20-,21+,22?,23?. The number of piperidine rings is 1. The summed E-state index contributed by atoms with van der Waals surface area (Å²) in [5.41, 5.74) is 3.40. The molecule has 0 radical (unpaired) electrons. The lowest BCUT2D eigenvalue weighted by atomic mass is 10.1. The van der Waals surface area contributed by atoms with Gasteiger partial charge in [-0.1, -0.05) is 36.4 Å². The van der Waals surface area contributed by atoms with Gasteiger partial charge in [-0.3, -0.25) is 9.69 Å². The number of benzene rings is 1. The Kier molecular flexibility index (Phi) is 5.67. The summed E-state index contributed by atoms with van der Waals surface area (Å²) in [5, 5.41) is 13.2. The zero-order valence-electron chi connectivity index (χ0n) is 18.2. The van der Waals surface area contributed by atoms with Gasteiger partial charge in [0.15, 0.2) is 0 Å². The number of fused-ring (bicyclic) bond motifs is 2. The van der Waals surface area contributed by atoms with Crippen LogP contribution in [0.25, 0.3) is 0 Å². The number of nitrogens with zero attached hydrogens (tertiary/aromatic N) is 3. The van der Waals surface area contributed by atoms with Gasteiger partial charge in [0.05, 0.1) is 0 Å². The fourth-order valence-electron chi connectivity index (χ4n) is 5.72. The molecule has 2 N–H and O–H groups in total. The zero-order chi connectivity index (χ0) is 21.4. The maximum absolute atomic E-state index is 12.0. The van der Waals surface area contributed by atoms with Crippen molar-refractivity contribution in [2.75, 3.05) is 38.5 Å². The molecular weight excluding hydrogens is 388 g/mol. The van der Waals surface area contributed by atoms with Crippen molar-refractivity contribution >= 4 is 11.8 Å². The molecule has 0 spiro atoms. The SMILES string of the molecule is CN(C(C(=O)O)c1ccccc1)C1[C@H]2CN(CCCc3ccc4c(n3)NCCC4)C[C@@H]12. The first kappa shape index (κ1) is 20.5. The minimum absolute atomic E-state index is 0.381. The number of likely N-dealkylation sites (N-methyl/N-ethyl adjacent to an activating group) is 1. The highest BCUT2D eigenvalue weighted by atomic mass is 16.4. The van der Waals surface area contributed by atoms with Crippen molar-refractivity contribution in [3.05, 3.63) is 59.3 Å². The number of aryl methyl sites for hydroxylation is 2. The van der Waals surface area contributed by atoms with E-state index in [-0.39, 0.29) is 0 Å². The molecule has 0 bridgehead atoms. The summed E-state index contributed by atoms with van der Waals surface area (Å²) in [4.78, 5) is 21.4. The van der Waals surface area contributed by atoms with Crippen molar-refractivity contribution in [3.8, 4) is 0 Å². The summed E-state index contributed by atoms with van der Waals surface area (Å²) in [5.74, 6) is 1.52. The molecule has 3 aliphatic rings. The Balaban J connectivity index is 1.11. The molecule has 6 heteroatoms. The number of rotatable bonds is 8. The average molecular weight is 421 g/mol. The molecule has 3 heterocycles. The van der Waals surface area contributed by atoms with Crippen LogP contribution in [0.1, 0.15) is 35.7 Å². The molecule has 5 rings (SSSR count). The largest absolute Gasteiger partial charge is 0.480 e. The first-order valence-electron chi connectivity index (χ1n) is 11.6. The molecular formula is C25H32N4O2. The number of hydrogen-bond donors (Lipinski definition) is 2. The van der Waals surface area contributed by atoms with Crippen LogP contribution in [0.15, 0.2) is 42.5 Å². The van der Waals surface area contributed by atoms with E-state index in [1.54, 1.807) is 0 Å². The maximum atomic E-state index is 12.0. The molecule has 4 atom stereocenters. The first-order chi connectivity index (χ1) is 15.1. The Bertz CT molecular complexity index is 922. The van der Waals surface area contributed by atoms with Crippen molar-refractivity contribution in [3.63, 3.8) is 0 Å². The monoisotopic (exact) mass is 420 g/mol. The van der Waals surface area contributed by atoms with Crippen LogP contribution < -0.4 is 5.32 Å². The second-order valence-electron chi connectivity index (χ2n) is 9.34. The molecule has 2 aliphatic heterocycles. The van der Waals surface area contributed by atoms with E-state index in [4.69, 9.17) is 4.98 Å². The van der Waals surface area contributed by atoms with Crippen LogP contribution in [-0.2, 0) is 17.6 Å². The third-order valence-corrected chi connectivity index (χ3v) is 7.31. The summed E-state index contributed by atoms with van der Waals surface area (Å²) in [6, 6.07) is 13.9. The first-order valence-corrected chi connectivity index (χ1v) is 11.6. The third-order valence-electron chi connectivity index (χ3n) is 7.31. The summed E-state index contributed by atoms with van der Waals surface area (Å²) in [6.07, 6.45) is 4.46. The number of nitrogens with one attached hydrogen (secondary N) is 1. The Morgan fingerprint density at radius 1 is 1.23 bits per heavy atom.